The first kappa shape index (κ1) is 16.4. The summed E-state index contributed by atoms with van der Waals surface area (Å²) in [5.41, 5.74) is 1.02. The molecule has 1 aromatic heterocycles. The van der Waals surface area contributed by atoms with E-state index < -0.39 is 11.2 Å². The molecule has 120 valence electrons. The summed E-state index contributed by atoms with van der Waals surface area (Å²) < 4.78 is 11.8. The lowest BCUT2D eigenvalue weighted by Crippen LogP contribution is -2.49. The van der Waals surface area contributed by atoms with Crippen LogP contribution < -0.4 is 5.46 Å². The van der Waals surface area contributed by atoms with E-state index in [1.165, 1.54) is 0 Å². The van der Waals surface area contributed by atoms with Crippen LogP contribution in [0.1, 0.15) is 27.7 Å². The first-order chi connectivity index (χ1) is 10.7. The molecular formula is C18H20BClO3. The number of rotatable bonds is 4. The lowest BCUT2D eigenvalue weighted by atomic mass is 9.82. The van der Waals surface area contributed by atoms with Gasteiger partial charge in [0.25, 0.3) is 0 Å². The number of hydrogen-bond donors (Lipinski definition) is 1. The van der Waals surface area contributed by atoms with Crippen molar-refractivity contribution in [3.63, 3.8) is 0 Å². The van der Waals surface area contributed by atoms with Crippen molar-refractivity contribution in [3.05, 3.63) is 41.4 Å². The SMILES string of the molecule is CC(C)(O)C(C)(C)OBc1ccc2c(c1)oc1cc(Cl)ccc12. The Labute approximate surface area is 141 Å². The van der Waals surface area contributed by atoms with Gasteiger partial charge in [-0.1, -0.05) is 23.7 Å². The summed E-state index contributed by atoms with van der Waals surface area (Å²) in [5.74, 6) is 0. The molecular weight excluding hydrogens is 310 g/mol. The van der Waals surface area contributed by atoms with Crippen LogP contribution in [0, 0.1) is 0 Å². The summed E-state index contributed by atoms with van der Waals surface area (Å²) in [4.78, 5) is 0. The van der Waals surface area contributed by atoms with E-state index in [-0.39, 0.29) is 0 Å². The fourth-order valence-electron chi connectivity index (χ4n) is 2.33. The molecule has 0 fully saturated rings. The second-order valence-electron chi connectivity index (χ2n) is 6.93. The largest absolute Gasteiger partial charge is 0.456 e. The van der Waals surface area contributed by atoms with Gasteiger partial charge in [0.1, 0.15) is 11.2 Å². The van der Waals surface area contributed by atoms with Gasteiger partial charge in [-0.25, -0.2) is 0 Å². The summed E-state index contributed by atoms with van der Waals surface area (Å²) in [6.45, 7) is 7.27. The van der Waals surface area contributed by atoms with E-state index >= 15 is 0 Å². The average molecular weight is 331 g/mol. The van der Waals surface area contributed by atoms with Crippen molar-refractivity contribution in [2.45, 2.75) is 38.9 Å². The van der Waals surface area contributed by atoms with Crippen molar-refractivity contribution in [3.8, 4) is 0 Å². The number of furan rings is 1. The van der Waals surface area contributed by atoms with E-state index in [0.717, 1.165) is 27.4 Å². The van der Waals surface area contributed by atoms with Gasteiger partial charge in [-0.05, 0) is 51.4 Å². The second-order valence-corrected chi connectivity index (χ2v) is 7.37. The third kappa shape index (κ3) is 3.11. The van der Waals surface area contributed by atoms with Crippen molar-refractivity contribution in [2.75, 3.05) is 0 Å². The molecule has 0 saturated carbocycles. The van der Waals surface area contributed by atoms with Gasteiger partial charge in [0.05, 0.1) is 11.2 Å². The zero-order valence-corrected chi connectivity index (χ0v) is 14.6. The molecule has 0 bridgehead atoms. The summed E-state index contributed by atoms with van der Waals surface area (Å²) in [6.07, 6.45) is 0. The summed E-state index contributed by atoms with van der Waals surface area (Å²) >= 11 is 6.02. The maximum atomic E-state index is 10.2. The smallest absolute Gasteiger partial charge is 0.309 e. The summed E-state index contributed by atoms with van der Waals surface area (Å²) in [6, 6.07) is 11.7. The normalized spacial score (nSPS) is 13.0. The van der Waals surface area contributed by atoms with Crippen LogP contribution in [0.4, 0.5) is 0 Å². The minimum atomic E-state index is -0.923. The third-order valence-corrected chi connectivity index (χ3v) is 4.81. The molecule has 0 aliphatic carbocycles. The van der Waals surface area contributed by atoms with Crippen LogP contribution in [0.5, 0.6) is 0 Å². The number of hydrogen-bond acceptors (Lipinski definition) is 3. The summed E-state index contributed by atoms with van der Waals surface area (Å²) in [7, 11) is 0.407. The monoisotopic (exact) mass is 330 g/mol. The van der Waals surface area contributed by atoms with Crippen LogP contribution in [0.15, 0.2) is 40.8 Å². The van der Waals surface area contributed by atoms with E-state index in [2.05, 4.69) is 0 Å². The number of halogens is 1. The van der Waals surface area contributed by atoms with Crippen molar-refractivity contribution in [2.24, 2.45) is 0 Å². The third-order valence-electron chi connectivity index (χ3n) is 4.57. The molecule has 0 unspecified atom stereocenters. The molecule has 0 atom stereocenters. The molecule has 1 heterocycles. The molecule has 0 saturated heterocycles. The average Bonchev–Trinajstić information content (AvgIpc) is 2.80. The Morgan fingerprint density at radius 1 is 1.00 bits per heavy atom. The lowest BCUT2D eigenvalue weighted by Gasteiger charge is -2.37. The minimum Gasteiger partial charge on any atom is -0.456 e. The fraction of sp³-hybridized carbons (Fsp3) is 0.333. The molecule has 0 aliphatic rings. The van der Waals surface area contributed by atoms with Crippen LogP contribution in [-0.4, -0.2) is 23.8 Å². The van der Waals surface area contributed by atoms with Crippen LogP contribution in [-0.2, 0) is 4.65 Å². The van der Waals surface area contributed by atoms with Crippen LogP contribution >= 0.6 is 11.6 Å². The maximum Gasteiger partial charge on any atom is 0.309 e. The number of fused-ring (bicyclic) bond motifs is 3. The summed E-state index contributed by atoms with van der Waals surface area (Å²) in [5, 5.41) is 12.9. The van der Waals surface area contributed by atoms with Crippen molar-refractivity contribution in [1.29, 1.82) is 0 Å². The Bertz CT molecular complexity index is 862. The standard InChI is InChI=1S/C18H20BClO3/c1-17(2,21)18(3,4)23-19-11-5-7-13-14-8-6-12(20)10-16(14)22-15(13)9-11/h5-10,19,21H,1-4H3. The fourth-order valence-corrected chi connectivity index (χ4v) is 2.49. The maximum absolute atomic E-state index is 10.2. The Balaban J connectivity index is 1.90. The first-order valence-corrected chi connectivity index (χ1v) is 8.02. The van der Waals surface area contributed by atoms with Crippen LogP contribution in [0.3, 0.4) is 0 Å². The highest BCUT2D eigenvalue weighted by atomic mass is 35.5. The quantitative estimate of drug-likeness (QED) is 0.740. The van der Waals surface area contributed by atoms with Gasteiger partial charge < -0.3 is 14.2 Å². The number of benzene rings is 2. The van der Waals surface area contributed by atoms with Gasteiger partial charge >= 0.3 is 7.48 Å². The predicted molar refractivity (Wildman–Crippen MR) is 97.0 cm³/mol. The van der Waals surface area contributed by atoms with Crippen molar-refractivity contribution < 1.29 is 14.2 Å². The van der Waals surface area contributed by atoms with Gasteiger partial charge in [0.15, 0.2) is 0 Å². The Kier molecular flexibility index (Phi) is 3.95. The number of aliphatic hydroxyl groups is 1. The molecule has 5 heteroatoms. The molecule has 3 rings (SSSR count). The molecule has 0 aliphatic heterocycles. The topological polar surface area (TPSA) is 42.6 Å². The minimum absolute atomic E-state index is 0.407. The Hall–Kier alpha value is -1.49. The van der Waals surface area contributed by atoms with Gasteiger partial charge in [-0.15, -0.1) is 0 Å². The highest BCUT2D eigenvalue weighted by Gasteiger charge is 2.35. The Morgan fingerprint density at radius 3 is 2.26 bits per heavy atom. The molecule has 3 aromatic rings. The molecule has 3 nitrogen and oxygen atoms in total. The lowest BCUT2D eigenvalue weighted by molar-refractivity contribution is -0.0893. The van der Waals surface area contributed by atoms with E-state index in [1.54, 1.807) is 13.8 Å². The Morgan fingerprint density at radius 2 is 1.61 bits per heavy atom. The zero-order chi connectivity index (χ0) is 16.8. The van der Waals surface area contributed by atoms with Gasteiger partial charge in [0, 0.05) is 21.9 Å². The highest BCUT2D eigenvalue weighted by Crippen LogP contribution is 2.30. The predicted octanol–water partition coefficient (Wildman–Crippen LogP) is 3.78. The molecule has 1 N–H and O–H groups in total. The highest BCUT2D eigenvalue weighted by molar-refractivity contribution is 6.47. The van der Waals surface area contributed by atoms with Gasteiger partial charge in [0.2, 0.25) is 0 Å². The molecule has 0 radical (unpaired) electrons. The molecule has 2 aromatic carbocycles. The molecule has 0 spiro atoms. The van der Waals surface area contributed by atoms with Gasteiger partial charge in [-0.3, -0.25) is 0 Å². The molecule has 0 amide bonds. The van der Waals surface area contributed by atoms with Crippen molar-refractivity contribution in [1.82, 2.24) is 0 Å². The first-order valence-electron chi connectivity index (χ1n) is 7.64. The van der Waals surface area contributed by atoms with Crippen molar-refractivity contribution >= 4 is 46.5 Å². The van der Waals surface area contributed by atoms with E-state index in [4.69, 9.17) is 20.7 Å². The van der Waals surface area contributed by atoms with Crippen LogP contribution in [0.2, 0.25) is 5.02 Å². The zero-order valence-electron chi connectivity index (χ0n) is 13.8. The second kappa shape index (κ2) is 5.55. The van der Waals surface area contributed by atoms with E-state index in [9.17, 15) is 5.11 Å². The van der Waals surface area contributed by atoms with Crippen LogP contribution in [0.25, 0.3) is 21.9 Å². The van der Waals surface area contributed by atoms with Gasteiger partial charge in [-0.2, -0.15) is 0 Å². The molecule has 23 heavy (non-hydrogen) atoms. The van der Waals surface area contributed by atoms with E-state index in [0.29, 0.717) is 12.5 Å². The van der Waals surface area contributed by atoms with E-state index in [1.807, 2.05) is 50.2 Å².